The number of piperazine rings is 2. The summed E-state index contributed by atoms with van der Waals surface area (Å²) in [7, 11) is -3.27. The largest absolute Gasteiger partial charge is 0.314 e. The summed E-state index contributed by atoms with van der Waals surface area (Å²) in [5, 5.41) is 5.27. The SMILES string of the molecule is O=S(=O)(N1CCNCC1)N1CCN(Cc2cccs2)CC1. The molecule has 3 heterocycles. The molecule has 0 aliphatic carbocycles. The molecule has 2 saturated heterocycles. The van der Waals surface area contributed by atoms with Gasteiger partial charge in [-0.2, -0.15) is 17.0 Å². The molecule has 1 aromatic rings. The van der Waals surface area contributed by atoms with E-state index in [1.54, 1.807) is 19.9 Å². The van der Waals surface area contributed by atoms with Gasteiger partial charge in [0.05, 0.1) is 0 Å². The molecule has 21 heavy (non-hydrogen) atoms. The zero-order valence-corrected chi connectivity index (χ0v) is 13.7. The lowest BCUT2D eigenvalue weighted by molar-refractivity contribution is 0.174. The van der Waals surface area contributed by atoms with E-state index in [2.05, 4.69) is 27.7 Å². The third kappa shape index (κ3) is 3.64. The van der Waals surface area contributed by atoms with Gasteiger partial charge in [0.2, 0.25) is 0 Å². The molecule has 0 saturated carbocycles. The third-order valence-corrected chi connectivity index (χ3v) is 6.92. The lowest BCUT2D eigenvalue weighted by atomic mass is 10.3. The molecule has 8 heteroatoms. The fourth-order valence-corrected chi connectivity index (χ4v) is 5.12. The Kier molecular flexibility index (Phi) is 4.92. The summed E-state index contributed by atoms with van der Waals surface area (Å²) in [5.41, 5.74) is 0. The Morgan fingerprint density at radius 2 is 1.71 bits per heavy atom. The fourth-order valence-electron chi connectivity index (χ4n) is 2.78. The van der Waals surface area contributed by atoms with E-state index in [1.165, 1.54) is 4.88 Å². The van der Waals surface area contributed by atoms with Gasteiger partial charge in [-0.05, 0) is 11.4 Å². The molecule has 0 spiro atoms. The molecule has 3 rings (SSSR count). The quantitative estimate of drug-likeness (QED) is 0.845. The smallest absolute Gasteiger partial charge is 0.282 e. The van der Waals surface area contributed by atoms with Crippen LogP contribution >= 0.6 is 11.3 Å². The van der Waals surface area contributed by atoms with Crippen molar-refractivity contribution < 1.29 is 8.42 Å². The summed E-state index contributed by atoms with van der Waals surface area (Å²) in [5.74, 6) is 0. The maximum atomic E-state index is 12.6. The van der Waals surface area contributed by atoms with Crippen LogP contribution in [0.5, 0.6) is 0 Å². The zero-order chi connectivity index (χ0) is 14.7. The van der Waals surface area contributed by atoms with E-state index in [-0.39, 0.29) is 0 Å². The molecule has 2 aliphatic rings. The molecule has 0 unspecified atom stereocenters. The van der Waals surface area contributed by atoms with Gasteiger partial charge in [0.25, 0.3) is 10.2 Å². The van der Waals surface area contributed by atoms with Gasteiger partial charge in [0, 0.05) is 63.8 Å². The normalized spacial score (nSPS) is 23.4. The van der Waals surface area contributed by atoms with Crippen LogP contribution in [0.15, 0.2) is 17.5 Å². The number of hydrogen-bond donors (Lipinski definition) is 1. The molecule has 0 atom stereocenters. The summed E-state index contributed by atoms with van der Waals surface area (Å²) in [6.45, 7) is 6.39. The Balaban J connectivity index is 1.55. The van der Waals surface area contributed by atoms with Crippen molar-refractivity contribution in [2.75, 3.05) is 52.4 Å². The molecule has 6 nitrogen and oxygen atoms in total. The Labute approximate surface area is 130 Å². The number of rotatable bonds is 4. The first-order valence-corrected chi connectivity index (χ1v) is 9.64. The standard InChI is InChI=1S/C13H22N4O2S2/c18-21(19,16-5-3-14-4-6-16)17-9-7-15(8-10-17)12-13-2-1-11-20-13/h1-2,11,14H,3-10,12H2. The van der Waals surface area contributed by atoms with E-state index >= 15 is 0 Å². The number of hydrogen-bond acceptors (Lipinski definition) is 5. The van der Waals surface area contributed by atoms with E-state index in [9.17, 15) is 8.42 Å². The number of nitrogens with one attached hydrogen (secondary N) is 1. The van der Waals surface area contributed by atoms with Gasteiger partial charge in [-0.3, -0.25) is 4.90 Å². The molecule has 2 fully saturated rings. The average molecular weight is 330 g/mol. The first kappa shape index (κ1) is 15.4. The van der Waals surface area contributed by atoms with Crippen LogP contribution < -0.4 is 5.32 Å². The van der Waals surface area contributed by atoms with Crippen molar-refractivity contribution in [1.82, 2.24) is 18.8 Å². The minimum Gasteiger partial charge on any atom is -0.314 e. The van der Waals surface area contributed by atoms with Crippen molar-refractivity contribution in [3.05, 3.63) is 22.4 Å². The van der Waals surface area contributed by atoms with Crippen LogP contribution in [-0.2, 0) is 16.8 Å². The minimum absolute atomic E-state index is 0.581. The average Bonchev–Trinajstić information content (AvgIpc) is 3.02. The van der Waals surface area contributed by atoms with Crippen LogP contribution in [0.1, 0.15) is 4.88 Å². The van der Waals surface area contributed by atoms with Crippen molar-refractivity contribution in [2.45, 2.75) is 6.54 Å². The molecule has 2 aliphatic heterocycles. The third-order valence-electron chi connectivity index (χ3n) is 4.02. The summed E-state index contributed by atoms with van der Waals surface area (Å²) in [6.07, 6.45) is 0. The molecule has 0 amide bonds. The molecule has 1 N–H and O–H groups in total. The van der Waals surface area contributed by atoms with Crippen LogP contribution in [-0.4, -0.2) is 74.3 Å². The number of thiophene rings is 1. The lowest BCUT2D eigenvalue weighted by Gasteiger charge is -2.37. The van der Waals surface area contributed by atoms with E-state index in [4.69, 9.17) is 0 Å². The highest BCUT2D eigenvalue weighted by Gasteiger charge is 2.32. The zero-order valence-electron chi connectivity index (χ0n) is 12.1. The van der Waals surface area contributed by atoms with Crippen LogP contribution in [0.4, 0.5) is 0 Å². The number of nitrogens with zero attached hydrogens (tertiary/aromatic N) is 3. The summed E-state index contributed by atoms with van der Waals surface area (Å²) in [4.78, 5) is 3.67. The Morgan fingerprint density at radius 1 is 1.05 bits per heavy atom. The highest BCUT2D eigenvalue weighted by Crippen LogP contribution is 2.16. The summed E-state index contributed by atoms with van der Waals surface area (Å²) >= 11 is 1.76. The van der Waals surface area contributed by atoms with Crippen molar-refractivity contribution in [3.63, 3.8) is 0 Å². The van der Waals surface area contributed by atoms with Gasteiger partial charge < -0.3 is 5.32 Å². The van der Waals surface area contributed by atoms with Gasteiger partial charge in [0.1, 0.15) is 0 Å². The predicted octanol–water partition coefficient (Wildman–Crippen LogP) is 0.0157. The van der Waals surface area contributed by atoms with Crippen molar-refractivity contribution >= 4 is 21.5 Å². The van der Waals surface area contributed by atoms with Gasteiger partial charge >= 0.3 is 0 Å². The molecule has 118 valence electrons. The highest BCUT2D eigenvalue weighted by molar-refractivity contribution is 7.86. The van der Waals surface area contributed by atoms with E-state index in [1.807, 2.05) is 0 Å². The molecule has 0 radical (unpaired) electrons. The maximum absolute atomic E-state index is 12.6. The van der Waals surface area contributed by atoms with Crippen molar-refractivity contribution in [1.29, 1.82) is 0 Å². The predicted molar refractivity (Wildman–Crippen MR) is 84.5 cm³/mol. The van der Waals surface area contributed by atoms with Crippen LogP contribution in [0.2, 0.25) is 0 Å². The van der Waals surface area contributed by atoms with E-state index in [0.717, 1.165) is 32.7 Å². The summed E-state index contributed by atoms with van der Waals surface area (Å²) < 4.78 is 28.4. The molecular weight excluding hydrogens is 308 g/mol. The van der Waals surface area contributed by atoms with Gasteiger partial charge in [-0.25, -0.2) is 0 Å². The highest BCUT2D eigenvalue weighted by atomic mass is 32.2. The Bertz CT molecular complexity index is 533. The second-order valence-electron chi connectivity index (χ2n) is 5.41. The molecule has 1 aromatic heterocycles. The van der Waals surface area contributed by atoms with Crippen molar-refractivity contribution in [2.24, 2.45) is 0 Å². The minimum atomic E-state index is -3.27. The topological polar surface area (TPSA) is 55.9 Å². The Hall–Kier alpha value is -0.510. The van der Waals surface area contributed by atoms with Gasteiger partial charge in [-0.1, -0.05) is 6.07 Å². The first-order valence-electron chi connectivity index (χ1n) is 7.37. The van der Waals surface area contributed by atoms with Gasteiger partial charge in [0.15, 0.2) is 0 Å². The van der Waals surface area contributed by atoms with E-state index < -0.39 is 10.2 Å². The molecule has 0 bridgehead atoms. The monoisotopic (exact) mass is 330 g/mol. The van der Waals surface area contributed by atoms with Crippen LogP contribution in [0.25, 0.3) is 0 Å². The lowest BCUT2D eigenvalue weighted by Crippen LogP contribution is -2.56. The maximum Gasteiger partial charge on any atom is 0.282 e. The second-order valence-corrected chi connectivity index (χ2v) is 8.37. The fraction of sp³-hybridized carbons (Fsp3) is 0.692. The first-order chi connectivity index (χ1) is 10.2. The second kappa shape index (κ2) is 6.72. The molecular formula is C13H22N4O2S2. The summed E-state index contributed by atoms with van der Waals surface area (Å²) in [6, 6.07) is 4.19. The van der Waals surface area contributed by atoms with Crippen molar-refractivity contribution in [3.8, 4) is 0 Å². The van der Waals surface area contributed by atoms with Crippen LogP contribution in [0.3, 0.4) is 0 Å². The Morgan fingerprint density at radius 3 is 2.33 bits per heavy atom. The molecule has 0 aromatic carbocycles. The van der Waals surface area contributed by atoms with Gasteiger partial charge in [-0.15, -0.1) is 11.3 Å². The van der Waals surface area contributed by atoms with Crippen LogP contribution in [0, 0.1) is 0 Å². The van der Waals surface area contributed by atoms with E-state index in [0.29, 0.717) is 26.2 Å².